The molecule has 0 saturated carbocycles. The van der Waals surface area contributed by atoms with Crippen LogP contribution in [0.4, 0.5) is 0 Å². The zero-order valence-corrected chi connectivity index (χ0v) is 9.79. The molecule has 0 aromatic carbocycles. The molecule has 0 fully saturated rings. The molecule has 2 heterocycles. The second-order valence-corrected chi connectivity index (χ2v) is 4.99. The summed E-state index contributed by atoms with van der Waals surface area (Å²) < 4.78 is 0. The molecule has 0 amide bonds. The number of hydrogen-bond donors (Lipinski definition) is 2. The molecule has 84 valence electrons. The number of thiazole rings is 1. The van der Waals surface area contributed by atoms with Gasteiger partial charge in [0.25, 0.3) is 0 Å². The van der Waals surface area contributed by atoms with Gasteiger partial charge in [0, 0.05) is 11.8 Å². The van der Waals surface area contributed by atoms with Crippen LogP contribution >= 0.6 is 22.7 Å². The van der Waals surface area contributed by atoms with Crippen LogP contribution in [0.1, 0.15) is 5.69 Å². The number of nitrogens with zero attached hydrogens (tertiary/aromatic N) is 1. The van der Waals surface area contributed by atoms with Crippen LogP contribution in [0.2, 0.25) is 0 Å². The van der Waals surface area contributed by atoms with Crippen molar-refractivity contribution in [1.29, 1.82) is 0 Å². The first-order valence-corrected chi connectivity index (χ1v) is 6.32. The van der Waals surface area contributed by atoms with Gasteiger partial charge in [0.2, 0.25) is 0 Å². The van der Waals surface area contributed by atoms with E-state index in [1.54, 1.807) is 16.7 Å². The zero-order chi connectivity index (χ0) is 11.5. The normalized spacial score (nSPS) is 12.6. The predicted molar refractivity (Wildman–Crippen MR) is 62.8 cm³/mol. The third-order valence-electron chi connectivity index (χ3n) is 1.97. The van der Waals surface area contributed by atoms with Crippen LogP contribution in [0.25, 0.3) is 9.88 Å². The van der Waals surface area contributed by atoms with E-state index in [4.69, 9.17) is 5.11 Å². The fourth-order valence-corrected chi connectivity index (χ4v) is 2.85. The maximum atomic E-state index is 10.5. The van der Waals surface area contributed by atoms with Crippen LogP contribution in [0.3, 0.4) is 0 Å². The van der Waals surface area contributed by atoms with E-state index in [9.17, 15) is 9.90 Å². The Morgan fingerprint density at radius 3 is 2.94 bits per heavy atom. The Labute approximate surface area is 99.8 Å². The molecule has 1 atom stereocenters. The van der Waals surface area contributed by atoms with Crippen LogP contribution in [0.5, 0.6) is 0 Å². The van der Waals surface area contributed by atoms with Crippen molar-refractivity contribution in [3.8, 4) is 9.88 Å². The predicted octanol–water partition coefficient (Wildman–Crippen LogP) is 1.86. The molecule has 0 aliphatic heterocycles. The van der Waals surface area contributed by atoms with Gasteiger partial charge in [0.1, 0.15) is 5.01 Å². The summed E-state index contributed by atoms with van der Waals surface area (Å²) in [6.07, 6.45) is -1.32. The molecule has 2 aromatic rings. The molecular formula is C10H9NO3S2. The van der Waals surface area contributed by atoms with Gasteiger partial charge in [0.15, 0.2) is 6.10 Å². The number of carboxylic acids is 1. The average molecular weight is 255 g/mol. The number of aromatic nitrogens is 1. The Balaban J connectivity index is 2.11. The minimum Gasteiger partial charge on any atom is -0.479 e. The number of aliphatic hydroxyl groups excluding tert-OH is 1. The van der Waals surface area contributed by atoms with Gasteiger partial charge in [-0.25, -0.2) is 9.78 Å². The fraction of sp³-hybridized carbons (Fsp3) is 0.200. The van der Waals surface area contributed by atoms with Gasteiger partial charge >= 0.3 is 5.97 Å². The van der Waals surface area contributed by atoms with Gasteiger partial charge in [0.05, 0.1) is 10.6 Å². The van der Waals surface area contributed by atoms with Crippen molar-refractivity contribution in [1.82, 2.24) is 4.98 Å². The van der Waals surface area contributed by atoms with Gasteiger partial charge < -0.3 is 10.2 Å². The van der Waals surface area contributed by atoms with Crippen LogP contribution in [-0.4, -0.2) is 27.3 Å². The summed E-state index contributed by atoms with van der Waals surface area (Å²) in [7, 11) is 0. The molecule has 1 unspecified atom stereocenters. The summed E-state index contributed by atoms with van der Waals surface area (Å²) in [5, 5.41) is 22.4. The van der Waals surface area contributed by atoms with Crippen LogP contribution in [0.15, 0.2) is 22.9 Å². The van der Waals surface area contributed by atoms with Crippen molar-refractivity contribution < 1.29 is 15.0 Å². The summed E-state index contributed by atoms with van der Waals surface area (Å²) >= 11 is 3.04. The molecule has 0 aliphatic rings. The monoisotopic (exact) mass is 255 g/mol. The molecule has 0 bridgehead atoms. The summed E-state index contributed by atoms with van der Waals surface area (Å²) in [6, 6.07) is 3.90. The van der Waals surface area contributed by atoms with E-state index in [-0.39, 0.29) is 6.42 Å². The van der Waals surface area contributed by atoms with E-state index in [1.165, 1.54) is 11.3 Å². The highest BCUT2D eigenvalue weighted by molar-refractivity contribution is 7.20. The average Bonchev–Trinajstić information content (AvgIpc) is 2.85. The topological polar surface area (TPSA) is 70.4 Å². The van der Waals surface area contributed by atoms with E-state index in [0.29, 0.717) is 5.69 Å². The van der Waals surface area contributed by atoms with E-state index >= 15 is 0 Å². The summed E-state index contributed by atoms with van der Waals surface area (Å²) in [4.78, 5) is 15.8. The van der Waals surface area contributed by atoms with Crippen LogP contribution in [-0.2, 0) is 11.2 Å². The number of thiophene rings is 1. The van der Waals surface area contributed by atoms with Gasteiger partial charge in [-0.2, -0.15) is 0 Å². The Morgan fingerprint density at radius 2 is 2.31 bits per heavy atom. The molecule has 0 radical (unpaired) electrons. The zero-order valence-electron chi connectivity index (χ0n) is 8.16. The second-order valence-electron chi connectivity index (χ2n) is 3.18. The largest absolute Gasteiger partial charge is 0.479 e. The lowest BCUT2D eigenvalue weighted by atomic mass is 10.2. The lowest BCUT2D eigenvalue weighted by Crippen LogP contribution is -2.22. The summed E-state index contributed by atoms with van der Waals surface area (Å²) in [5.74, 6) is -1.22. The third-order valence-corrected chi connectivity index (χ3v) is 3.90. The molecule has 6 heteroatoms. The Bertz CT molecular complexity index is 478. The molecule has 0 saturated heterocycles. The Morgan fingerprint density at radius 1 is 1.50 bits per heavy atom. The molecule has 2 N–H and O–H groups in total. The summed E-state index contributed by atoms with van der Waals surface area (Å²) in [6.45, 7) is 0. The van der Waals surface area contributed by atoms with E-state index in [2.05, 4.69) is 4.98 Å². The number of aliphatic hydroxyl groups is 1. The number of carboxylic acid groups (broad SMARTS) is 1. The number of rotatable bonds is 4. The van der Waals surface area contributed by atoms with Crippen molar-refractivity contribution in [2.24, 2.45) is 0 Å². The molecular weight excluding hydrogens is 246 g/mol. The minimum absolute atomic E-state index is 0.0528. The lowest BCUT2D eigenvalue weighted by molar-refractivity contribution is -0.146. The van der Waals surface area contributed by atoms with Crippen molar-refractivity contribution in [2.75, 3.05) is 0 Å². The Hall–Kier alpha value is -1.24. The highest BCUT2D eigenvalue weighted by Crippen LogP contribution is 2.28. The standard InChI is InChI=1S/C10H9NO3S2/c12-7(10(13)14)4-6-5-16-9(11-6)8-2-1-3-15-8/h1-3,5,7,12H,4H2,(H,13,14). The third kappa shape index (κ3) is 2.46. The van der Waals surface area contributed by atoms with Crippen LogP contribution in [0, 0.1) is 0 Å². The molecule has 4 nitrogen and oxygen atoms in total. The number of hydrogen-bond acceptors (Lipinski definition) is 5. The van der Waals surface area contributed by atoms with Crippen molar-refractivity contribution >= 4 is 28.6 Å². The van der Waals surface area contributed by atoms with E-state index in [1.807, 2.05) is 17.5 Å². The minimum atomic E-state index is -1.38. The Kier molecular flexibility index (Phi) is 3.33. The maximum absolute atomic E-state index is 10.5. The van der Waals surface area contributed by atoms with Gasteiger partial charge in [-0.1, -0.05) is 6.07 Å². The molecule has 0 aliphatic carbocycles. The highest BCUT2D eigenvalue weighted by Gasteiger charge is 2.16. The smallest absolute Gasteiger partial charge is 0.332 e. The van der Waals surface area contributed by atoms with Gasteiger partial charge in [-0.15, -0.1) is 22.7 Å². The second kappa shape index (κ2) is 4.73. The number of carbonyl (C=O) groups is 1. The van der Waals surface area contributed by atoms with Gasteiger partial charge in [-0.3, -0.25) is 0 Å². The molecule has 2 rings (SSSR count). The molecule has 0 spiro atoms. The van der Waals surface area contributed by atoms with E-state index in [0.717, 1.165) is 9.88 Å². The molecule has 2 aromatic heterocycles. The maximum Gasteiger partial charge on any atom is 0.332 e. The highest BCUT2D eigenvalue weighted by atomic mass is 32.1. The first-order valence-electron chi connectivity index (χ1n) is 4.56. The molecule has 16 heavy (non-hydrogen) atoms. The quantitative estimate of drug-likeness (QED) is 0.874. The first-order chi connectivity index (χ1) is 7.66. The summed E-state index contributed by atoms with van der Waals surface area (Å²) in [5.41, 5.74) is 0.614. The lowest BCUT2D eigenvalue weighted by Gasteiger charge is -2.00. The van der Waals surface area contributed by atoms with Gasteiger partial charge in [-0.05, 0) is 11.4 Å². The van der Waals surface area contributed by atoms with Crippen molar-refractivity contribution in [2.45, 2.75) is 12.5 Å². The SMILES string of the molecule is O=C(O)C(O)Cc1csc(-c2cccs2)n1. The fourth-order valence-electron chi connectivity index (χ4n) is 1.20. The van der Waals surface area contributed by atoms with Crippen molar-refractivity contribution in [3.05, 3.63) is 28.6 Å². The van der Waals surface area contributed by atoms with Crippen molar-refractivity contribution in [3.63, 3.8) is 0 Å². The first kappa shape index (κ1) is 11.3. The number of aliphatic carboxylic acids is 1. The van der Waals surface area contributed by atoms with E-state index < -0.39 is 12.1 Å². The van der Waals surface area contributed by atoms with Crippen LogP contribution < -0.4 is 0 Å².